The lowest BCUT2D eigenvalue weighted by Gasteiger charge is -2.06. The SMILES string of the molecule is CSc1ccc(CSSc2cccc(CSCc3ccccc3)c2)cc1. The zero-order valence-electron chi connectivity index (χ0n) is 14.8. The maximum atomic E-state index is 2.33. The smallest absolute Gasteiger partial charge is 0.0292 e. The van der Waals surface area contributed by atoms with Crippen molar-refractivity contribution in [3.05, 3.63) is 95.6 Å². The van der Waals surface area contributed by atoms with Gasteiger partial charge in [0.05, 0.1) is 0 Å². The molecule has 0 aliphatic rings. The summed E-state index contributed by atoms with van der Waals surface area (Å²) >= 11 is 3.77. The van der Waals surface area contributed by atoms with Crippen LogP contribution in [0.3, 0.4) is 0 Å². The van der Waals surface area contributed by atoms with Gasteiger partial charge in [-0.15, -0.1) is 11.8 Å². The molecule has 0 bridgehead atoms. The van der Waals surface area contributed by atoms with Gasteiger partial charge in [0, 0.05) is 27.0 Å². The molecule has 0 saturated carbocycles. The molecule has 0 amide bonds. The largest absolute Gasteiger partial charge is 0.152 e. The van der Waals surface area contributed by atoms with E-state index < -0.39 is 0 Å². The minimum atomic E-state index is 1.03. The summed E-state index contributed by atoms with van der Waals surface area (Å²) in [6.07, 6.45) is 2.12. The molecule has 3 aromatic carbocycles. The van der Waals surface area contributed by atoms with Crippen molar-refractivity contribution in [2.45, 2.75) is 27.0 Å². The van der Waals surface area contributed by atoms with Gasteiger partial charge in [-0.2, -0.15) is 11.8 Å². The number of thioether (sulfide) groups is 2. The molecule has 26 heavy (non-hydrogen) atoms. The van der Waals surface area contributed by atoms with E-state index in [-0.39, 0.29) is 0 Å². The number of rotatable bonds is 9. The van der Waals surface area contributed by atoms with Gasteiger partial charge in [0.1, 0.15) is 0 Å². The lowest BCUT2D eigenvalue weighted by molar-refractivity contribution is 1.32. The quantitative estimate of drug-likeness (QED) is 0.259. The molecule has 4 heteroatoms. The average Bonchev–Trinajstić information content (AvgIpc) is 2.70. The molecular formula is C22H22S4. The van der Waals surface area contributed by atoms with Crippen molar-refractivity contribution in [1.29, 1.82) is 0 Å². The van der Waals surface area contributed by atoms with Crippen LogP contribution in [-0.2, 0) is 17.3 Å². The number of hydrogen-bond acceptors (Lipinski definition) is 4. The summed E-state index contributed by atoms with van der Waals surface area (Å²) < 4.78 is 0. The van der Waals surface area contributed by atoms with Gasteiger partial charge in [-0.3, -0.25) is 0 Å². The second-order valence-corrected chi connectivity index (χ2v) is 10.1. The second kappa shape index (κ2) is 11.0. The van der Waals surface area contributed by atoms with Crippen LogP contribution in [0.1, 0.15) is 16.7 Å². The van der Waals surface area contributed by atoms with Crippen LogP contribution in [0.4, 0.5) is 0 Å². The van der Waals surface area contributed by atoms with Crippen LogP contribution in [0.2, 0.25) is 0 Å². The van der Waals surface area contributed by atoms with Crippen LogP contribution in [0.15, 0.2) is 88.7 Å². The average molecular weight is 415 g/mol. The van der Waals surface area contributed by atoms with Crippen molar-refractivity contribution in [1.82, 2.24) is 0 Å². The Labute approximate surface area is 173 Å². The van der Waals surface area contributed by atoms with Crippen molar-refractivity contribution >= 4 is 45.1 Å². The minimum absolute atomic E-state index is 1.03. The van der Waals surface area contributed by atoms with E-state index in [0.717, 1.165) is 17.3 Å². The highest BCUT2D eigenvalue weighted by atomic mass is 33.1. The molecule has 0 aliphatic carbocycles. The zero-order valence-corrected chi connectivity index (χ0v) is 18.0. The third-order valence-electron chi connectivity index (χ3n) is 3.82. The topological polar surface area (TPSA) is 0 Å². The molecule has 3 rings (SSSR count). The fourth-order valence-electron chi connectivity index (χ4n) is 2.44. The van der Waals surface area contributed by atoms with Crippen LogP contribution >= 0.6 is 45.1 Å². The summed E-state index contributed by atoms with van der Waals surface area (Å²) in [5, 5.41) is 0. The molecular weight excluding hydrogens is 393 g/mol. The third kappa shape index (κ3) is 6.66. The monoisotopic (exact) mass is 414 g/mol. The van der Waals surface area contributed by atoms with Crippen LogP contribution in [-0.4, -0.2) is 6.26 Å². The maximum Gasteiger partial charge on any atom is 0.0292 e. The van der Waals surface area contributed by atoms with Crippen LogP contribution in [0.25, 0.3) is 0 Å². The van der Waals surface area contributed by atoms with E-state index in [2.05, 4.69) is 85.1 Å². The molecule has 0 saturated heterocycles. The van der Waals surface area contributed by atoms with Gasteiger partial charge in [-0.1, -0.05) is 76.2 Å². The molecule has 0 aliphatic heterocycles. The van der Waals surface area contributed by atoms with Crippen molar-refractivity contribution in [3.8, 4) is 0 Å². The lowest BCUT2D eigenvalue weighted by atomic mass is 10.2. The van der Waals surface area contributed by atoms with Crippen molar-refractivity contribution in [2.75, 3.05) is 6.26 Å². The Morgan fingerprint density at radius 3 is 2.08 bits per heavy atom. The Morgan fingerprint density at radius 2 is 1.31 bits per heavy atom. The van der Waals surface area contributed by atoms with E-state index in [0.29, 0.717) is 0 Å². The normalized spacial score (nSPS) is 10.8. The van der Waals surface area contributed by atoms with Crippen LogP contribution < -0.4 is 0 Å². The summed E-state index contributed by atoms with van der Waals surface area (Å²) in [6.45, 7) is 0. The number of benzene rings is 3. The van der Waals surface area contributed by atoms with E-state index in [4.69, 9.17) is 0 Å². The molecule has 3 aromatic rings. The van der Waals surface area contributed by atoms with Crippen molar-refractivity contribution in [2.24, 2.45) is 0 Å². The summed E-state index contributed by atoms with van der Waals surface area (Å²) in [5.41, 5.74) is 4.18. The summed E-state index contributed by atoms with van der Waals surface area (Å²) in [6, 6.07) is 28.5. The molecule has 0 spiro atoms. The first-order chi connectivity index (χ1) is 12.8. The number of hydrogen-bond donors (Lipinski definition) is 0. The Morgan fingerprint density at radius 1 is 0.615 bits per heavy atom. The van der Waals surface area contributed by atoms with Crippen LogP contribution in [0.5, 0.6) is 0 Å². The Hall–Kier alpha value is -0.940. The summed E-state index contributed by atoms with van der Waals surface area (Å²) in [4.78, 5) is 2.67. The van der Waals surface area contributed by atoms with Gasteiger partial charge < -0.3 is 0 Å². The maximum absolute atomic E-state index is 2.33. The molecule has 0 fully saturated rings. The molecule has 0 aromatic heterocycles. The van der Waals surface area contributed by atoms with Crippen molar-refractivity contribution < 1.29 is 0 Å². The highest BCUT2D eigenvalue weighted by Crippen LogP contribution is 2.34. The molecule has 0 heterocycles. The Bertz CT molecular complexity index is 785. The van der Waals surface area contributed by atoms with E-state index in [1.54, 1.807) is 11.8 Å². The van der Waals surface area contributed by atoms with E-state index in [1.165, 1.54) is 26.5 Å². The Balaban J connectivity index is 1.44. The molecule has 0 N–H and O–H groups in total. The van der Waals surface area contributed by atoms with Crippen molar-refractivity contribution in [3.63, 3.8) is 0 Å². The van der Waals surface area contributed by atoms with E-state index >= 15 is 0 Å². The van der Waals surface area contributed by atoms with Gasteiger partial charge in [-0.25, -0.2) is 0 Å². The molecule has 134 valence electrons. The van der Waals surface area contributed by atoms with Gasteiger partial charge in [-0.05, 0) is 47.2 Å². The fourth-order valence-corrected chi connectivity index (χ4v) is 5.95. The predicted molar refractivity (Wildman–Crippen MR) is 123 cm³/mol. The standard InChI is InChI=1S/C22H22S4/c1-23-21-12-10-19(11-13-21)17-25-26-22-9-5-8-20(14-22)16-24-15-18-6-3-2-4-7-18/h2-14H,15-17H2,1H3. The minimum Gasteiger partial charge on any atom is -0.152 e. The van der Waals surface area contributed by atoms with Gasteiger partial charge in [0.2, 0.25) is 0 Å². The van der Waals surface area contributed by atoms with Gasteiger partial charge in [0.15, 0.2) is 0 Å². The highest BCUT2D eigenvalue weighted by Gasteiger charge is 2.01. The van der Waals surface area contributed by atoms with Gasteiger partial charge >= 0.3 is 0 Å². The zero-order chi connectivity index (χ0) is 18.0. The van der Waals surface area contributed by atoms with E-state index in [1.807, 2.05) is 33.3 Å². The molecule has 0 radical (unpaired) electrons. The second-order valence-electron chi connectivity index (χ2n) is 5.82. The summed E-state index contributed by atoms with van der Waals surface area (Å²) in [5.74, 6) is 3.16. The molecule has 0 atom stereocenters. The first-order valence-corrected chi connectivity index (χ1v) is 13.2. The third-order valence-corrected chi connectivity index (χ3v) is 7.94. The highest BCUT2D eigenvalue weighted by molar-refractivity contribution is 8.76. The van der Waals surface area contributed by atoms with Gasteiger partial charge in [0.25, 0.3) is 0 Å². The fraction of sp³-hybridized carbons (Fsp3) is 0.182. The first kappa shape index (κ1) is 19.8. The lowest BCUT2D eigenvalue weighted by Crippen LogP contribution is -1.84. The first-order valence-electron chi connectivity index (χ1n) is 8.46. The Kier molecular flexibility index (Phi) is 8.40. The van der Waals surface area contributed by atoms with Crippen LogP contribution in [0, 0.1) is 0 Å². The molecule has 0 nitrogen and oxygen atoms in total. The summed E-state index contributed by atoms with van der Waals surface area (Å²) in [7, 11) is 3.78. The molecule has 0 unspecified atom stereocenters. The van der Waals surface area contributed by atoms with E-state index in [9.17, 15) is 0 Å². The predicted octanol–water partition coefficient (Wildman–Crippen LogP) is 7.78.